The molecule has 0 saturated carbocycles. The third kappa shape index (κ3) is 2.03. The minimum atomic E-state index is -0.939. The number of nitrogens with one attached hydrogen (secondary N) is 1. The molecule has 3 N–H and O–H groups in total. The molecule has 0 saturated heterocycles. The summed E-state index contributed by atoms with van der Waals surface area (Å²) in [6.07, 6.45) is 0. The van der Waals surface area contributed by atoms with E-state index in [1.165, 1.54) is 19.2 Å². The fourth-order valence-electron chi connectivity index (χ4n) is 1.02. The lowest BCUT2D eigenvalue weighted by atomic mass is 10.1. The molecule has 1 unspecified atom stereocenters. The number of carbonyl (C=O) groups excluding carboxylic acids is 1. The molecule has 0 spiro atoms. The molecule has 13 heavy (non-hydrogen) atoms. The lowest BCUT2D eigenvalue weighted by Crippen LogP contribution is -2.31. The zero-order valence-corrected chi connectivity index (χ0v) is 7.25. The molecular weight excluding hydrogens is 171 g/mol. The van der Waals surface area contributed by atoms with Gasteiger partial charge in [0.15, 0.2) is 0 Å². The number of likely N-dealkylation sites (N-methyl/N-ethyl adjacent to an activating group) is 1. The van der Waals surface area contributed by atoms with Crippen molar-refractivity contribution in [3.63, 3.8) is 0 Å². The van der Waals surface area contributed by atoms with Crippen LogP contribution in [-0.4, -0.2) is 13.0 Å². The topological polar surface area (TPSA) is 55.1 Å². The number of hydrogen-bond donors (Lipinski definition) is 2. The van der Waals surface area contributed by atoms with Crippen LogP contribution in [-0.2, 0) is 4.79 Å². The number of halogens is 1. The van der Waals surface area contributed by atoms with Gasteiger partial charge in [0.25, 0.3) is 0 Å². The van der Waals surface area contributed by atoms with Gasteiger partial charge in [0.1, 0.15) is 11.9 Å². The predicted octanol–water partition coefficient (Wildman–Crippen LogP) is 0.571. The van der Waals surface area contributed by atoms with Crippen LogP contribution in [0.3, 0.4) is 0 Å². The SMILES string of the molecule is CNC(=O)C(N)c1ccccc1F. The van der Waals surface area contributed by atoms with E-state index in [-0.39, 0.29) is 5.56 Å². The average molecular weight is 182 g/mol. The van der Waals surface area contributed by atoms with E-state index in [0.29, 0.717) is 0 Å². The van der Waals surface area contributed by atoms with Crippen LogP contribution in [0.4, 0.5) is 4.39 Å². The van der Waals surface area contributed by atoms with E-state index in [9.17, 15) is 9.18 Å². The summed E-state index contributed by atoms with van der Waals surface area (Å²) in [5.41, 5.74) is 5.71. The second-order valence-electron chi connectivity index (χ2n) is 2.61. The number of carbonyl (C=O) groups is 1. The van der Waals surface area contributed by atoms with Crippen LogP contribution in [0, 0.1) is 5.82 Å². The lowest BCUT2D eigenvalue weighted by Gasteiger charge is -2.10. The Morgan fingerprint density at radius 1 is 1.54 bits per heavy atom. The van der Waals surface area contributed by atoms with Crippen LogP contribution in [0.2, 0.25) is 0 Å². The van der Waals surface area contributed by atoms with E-state index in [4.69, 9.17) is 5.73 Å². The van der Waals surface area contributed by atoms with Crippen molar-refractivity contribution in [3.8, 4) is 0 Å². The molecule has 1 amide bonds. The Bertz CT molecular complexity index is 314. The molecule has 0 bridgehead atoms. The summed E-state index contributed by atoms with van der Waals surface area (Å²) in [6.45, 7) is 0. The summed E-state index contributed by atoms with van der Waals surface area (Å²) >= 11 is 0. The molecular formula is C9H11FN2O. The van der Waals surface area contributed by atoms with Crippen LogP contribution in [0.25, 0.3) is 0 Å². The van der Waals surface area contributed by atoms with Gasteiger partial charge in [0, 0.05) is 12.6 Å². The van der Waals surface area contributed by atoms with Crippen molar-refractivity contribution < 1.29 is 9.18 Å². The number of rotatable bonds is 2. The smallest absolute Gasteiger partial charge is 0.241 e. The predicted molar refractivity (Wildman–Crippen MR) is 47.4 cm³/mol. The molecule has 0 aliphatic rings. The summed E-state index contributed by atoms with van der Waals surface area (Å²) in [7, 11) is 1.46. The van der Waals surface area contributed by atoms with Gasteiger partial charge < -0.3 is 11.1 Å². The van der Waals surface area contributed by atoms with E-state index >= 15 is 0 Å². The Morgan fingerprint density at radius 2 is 2.15 bits per heavy atom. The van der Waals surface area contributed by atoms with Gasteiger partial charge in [-0.25, -0.2) is 4.39 Å². The molecule has 0 heterocycles. The van der Waals surface area contributed by atoms with E-state index in [1.54, 1.807) is 12.1 Å². The Morgan fingerprint density at radius 3 is 2.69 bits per heavy atom. The molecule has 1 aromatic rings. The highest BCUT2D eigenvalue weighted by Crippen LogP contribution is 2.13. The largest absolute Gasteiger partial charge is 0.358 e. The molecule has 0 aliphatic heterocycles. The maximum atomic E-state index is 13.1. The van der Waals surface area contributed by atoms with Crippen LogP contribution < -0.4 is 11.1 Å². The van der Waals surface area contributed by atoms with Crippen molar-refractivity contribution in [2.75, 3.05) is 7.05 Å². The van der Waals surface area contributed by atoms with Crippen molar-refractivity contribution in [1.29, 1.82) is 0 Å². The van der Waals surface area contributed by atoms with Crippen molar-refractivity contribution in [2.45, 2.75) is 6.04 Å². The summed E-state index contributed by atoms with van der Waals surface area (Å²) in [6, 6.07) is 5.02. The lowest BCUT2D eigenvalue weighted by molar-refractivity contribution is -0.122. The van der Waals surface area contributed by atoms with Gasteiger partial charge in [-0.1, -0.05) is 18.2 Å². The minimum Gasteiger partial charge on any atom is -0.358 e. The first-order valence-corrected chi connectivity index (χ1v) is 3.88. The number of benzene rings is 1. The molecule has 1 atom stereocenters. The monoisotopic (exact) mass is 182 g/mol. The second-order valence-corrected chi connectivity index (χ2v) is 2.61. The van der Waals surface area contributed by atoms with Gasteiger partial charge in [-0.3, -0.25) is 4.79 Å². The maximum absolute atomic E-state index is 13.1. The van der Waals surface area contributed by atoms with Crippen LogP contribution in [0.15, 0.2) is 24.3 Å². The molecule has 70 valence electrons. The second kappa shape index (κ2) is 4.00. The van der Waals surface area contributed by atoms with Gasteiger partial charge in [0.2, 0.25) is 5.91 Å². The Hall–Kier alpha value is -1.42. The van der Waals surface area contributed by atoms with Crippen molar-refractivity contribution in [1.82, 2.24) is 5.32 Å². The van der Waals surface area contributed by atoms with E-state index < -0.39 is 17.8 Å². The van der Waals surface area contributed by atoms with Crippen LogP contribution in [0.1, 0.15) is 11.6 Å². The van der Waals surface area contributed by atoms with Crippen molar-refractivity contribution in [3.05, 3.63) is 35.6 Å². The number of hydrogen-bond acceptors (Lipinski definition) is 2. The van der Waals surface area contributed by atoms with Crippen molar-refractivity contribution in [2.24, 2.45) is 5.73 Å². The quantitative estimate of drug-likeness (QED) is 0.702. The highest BCUT2D eigenvalue weighted by atomic mass is 19.1. The molecule has 0 fully saturated rings. The zero-order chi connectivity index (χ0) is 9.84. The van der Waals surface area contributed by atoms with Crippen LogP contribution in [0.5, 0.6) is 0 Å². The molecule has 0 aromatic heterocycles. The van der Waals surface area contributed by atoms with Gasteiger partial charge in [-0.15, -0.1) is 0 Å². The third-order valence-electron chi connectivity index (χ3n) is 1.77. The highest BCUT2D eigenvalue weighted by molar-refractivity contribution is 5.82. The number of amides is 1. The van der Waals surface area contributed by atoms with Gasteiger partial charge in [0.05, 0.1) is 0 Å². The standard InChI is InChI=1S/C9H11FN2O/c1-12-9(13)8(11)6-4-2-3-5-7(6)10/h2-5,8H,11H2,1H3,(H,12,13). The van der Waals surface area contributed by atoms with E-state index in [0.717, 1.165) is 0 Å². The minimum absolute atomic E-state index is 0.210. The fraction of sp³-hybridized carbons (Fsp3) is 0.222. The van der Waals surface area contributed by atoms with E-state index in [2.05, 4.69) is 5.32 Å². The normalized spacial score (nSPS) is 12.2. The first-order valence-electron chi connectivity index (χ1n) is 3.88. The van der Waals surface area contributed by atoms with Crippen LogP contribution >= 0.6 is 0 Å². The average Bonchev–Trinajstić information content (AvgIpc) is 2.16. The van der Waals surface area contributed by atoms with Gasteiger partial charge >= 0.3 is 0 Å². The first kappa shape index (κ1) is 9.67. The summed E-state index contributed by atoms with van der Waals surface area (Å²) < 4.78 is 13.1. The zero-order valence-electron chi connectivity index (χ0n) is 7.25. The van der Waals surface area contributed by atoms with Crippen molar-refractivity contribution >= 4 is 5.91 Å². The van der Waals surface area contributed by atoms with Gasteiger partial charge in [-0.2, -0.15) is 0 Å². The Labute approximate surface area is 75.7 Å². The fourth-order valence-corrected chi connectivity index (χ4v) is 1.02. The maximum Gasteiger partial charge on any atom is 0.241 e. The molecule has 1 rings (SSSR count). The molecule has 3 nitrogen and oxygen atoms in total. The summed E-state index contributed by atoms with van der Waals surface area (Å²) in [4.78, 5) is 11.1. The molecule has 0 radical (unpaired) electrons. The molecule has 1 aromatic carbocycles. The first-order chi connectivity index (χ1) is 6.16. The van der Waals surface area contributed by atoms with Gasteiger partial charge in [-0.05, 0) is 6.07 Å². The summed E-state index contributed by atoms with van der Waals surface area (Å²) in [5, 5.41) is 2.36. The molecule has 4 heteroatoms. The summed E-state index contributed by atoms with van der Waals surface area (Å²) in [5.74, 6) is -0.858. The number of nitrogens with two attached hydrogens (primary N) is 1. The Kier molecular flexibility index (Phi) is 2.97. The Balaban J connectivity index is 2.95. The highest BCUT2D eigenvalue weighted by Gasteiger charge is 2.16. The molecule has 0 aliphatic carbocycles. The third-order valence-corrected chi connectivity index (χ3v) is 1.77. The van der Waals surface area contributed by atoms with E-state index in [1.807, 2.05) is 0 Å².